The van der Waals surface area contributed by atoms with Gasteiger partial charge in [0.2, 0.25) is 6.10 Å². The highest BCUT2D eigenvalue weighted by Gasteiger charge is 2.43. The number of rotatable bonds is 13. The Morgan fingerprint density at radius 1 is 0.846 bits per heavy atom. The summed E-state index contributed by atoms with van der Waals surface area (Å²) in [6, 6.07) is 11.4. The second-order valence-corrected chi connectivity index (χ2v) is 8.53. The van der Waals surface area contributed by atoms with E-state index in [4.69, 9.17) is 9.47 Å². The van der Waals surface area contributed by atoms with Crippen LogP contribution in [0.15, 0.2) is 60.9 Å². The van der Waals surface area contributed by atoms with Gasteiger partial charge in [-0.3, -0.25) is 0 Å². The van der Waals surface area contributed by atoms with Crippen LogP contribution in [0.2, 0.25) is 0 Å². The monoisotopic (exact) mass is 546 g/mol. The van der Waals surface area contributed by atoms with Gasteiger partial charge >= 0.3 is 18.1 Å². The Hall–Kier alpha value is -3.99. The molecule has 0 saturated heterocycles. The number of aromatic nitrogens is 2. The number of hydrogen-bond donors (Lipinski definition) is 0. The van der Waals surface area contributed by atoms with Gasteiger partial charge in [-0.2, -0.15) is 13.2 Å². The summed E-state index contributed by atoms with van der Waals surface area (Å²) in [5, 5.41) is 0. The predicted octanol–water partition coefficient (Wildman–Crippen LogP) is 6.06. The van der Waals surface area contributed by atoms with E-state index in [0.717, 1.165) is 26.4 Å². The highest BCUT2D eigenvalue weighted by molar-refractivity contribution is 5.92. The summed E-state index contributed by atoms with van der Waals surface area (Å²) >= 11 is 0. The van der Waals surface area contributed by atoms with Crippen LogP contribution in [-0.4, -0.2) is 54.5 Å². The van der Waals surface area contributed by atoms with E-state index in [1.165, 1.54) is 30.7 Å². The molecule has 3 rings (SSSR count). The third kappa shape index (κ3) is 9.06. The van der Waals surface area contributed by atoms with E-state index in [9.17, 15) is 22.8 Å². The van der Waals surface area contributed by atoms with Crippen molar-refractivity contribution in [1.29, 1.82) is 0 Å². The van der Waals surface area contributed by atoms with E-state index in [0.29, 0.717) is 23.7 Å². The van der Waals surface area contributed by atoms with Gasteiger partial charge < -0.3 is 18.9 Å². The molecule has 0 aliphatic rings. The number of unbranched alkanes of at least 4 members (excludes halogenated alkanes) is 3. The highest BCUT2D eigenvalue weighted by Crippen LogP contribution is 2.25. The first-order chi connectivity index (χ1) is 18.7. The second kappa shape index (κ2) is 14.2. The van der Waals surface area contributed by atoms with Crippen molar-refractivity contribution >= 4 is 11.9 Å². The standard InChI is InChI=1S/C28H29F3N2O6/c1-3-4-5-6-15-37-23-16-32-25(33-17-23)19-7-9-20(10-8-19)26(34)38-22-13-11-21(12-14-22)27(35)39-24(18-36-2)28(29,30)31/h7-14,16-17,24H,3-6,15,18H2,1-2H3. The third-order valence-electron chi connectivity index (χ3n) is 5.51. The van der Waals surface area contributed by atoms with Crippen LogP contribution < -0.4 is 9.47 Å². The first-order valence-corrected chi connectivity index (χ1v) is 12.4. The Labute approximate surface area is 224 Å². The molecule has 11 heteroatoms. The van der Waals surface area contributed by atoms with Gasteiger partial charge in [0.05, 0.1) is 36.7 Å². The van der Waals surface area contributed by atoms with E-state index in [2.05, 4.69) is 26.4 Å². The zero-order valence-corrected chi connectivity index (χ0v) is 21.6. The fraction of sp³-hybridized carbons (Fsp3) is 0.357. The van der Waals surface area contributed by atoms with Gasteiger partial charge in [0.25, 0.3) is 0 Å². The van der Waals surface area contributed by atoms with Crippen LogP contribution in [0, 0.1) is 0 Å². The molecule has 0 fully saturated rings. The van der Waals surface area contributed by atoms with Crippen LogP contribution in [0.3, 0.4) is 0 Å². The quantitative estimate of drug-likeness (QED) is 0.145. The smallest absolute Gasteiger partial charge is 0.427 e. The van der Waals surface area contributed by atoms with Crippen molar-refractivity contribution < 1.29 is 41.7 Å². The van der Waals surface area contributed by atoms with Crippen LogP contribution in [-0.2, 0) is 9.47 Å². The number of carbonyl (C=O) groups excluding carboxylic acids is 2. The van der Waals surface area contributed by atoms with Gasteiger partial charge in [0.15, 0.2) is 11.6 Å². The maximum absolute atomic E-state index is 12.9. The molecule has 1 heterocycles. The van der Waals surface area contributed by atoms with Crippen LogP contribution in [0.1, 0.15) is 53.3 Å². The Morgan fingerprint density at radius 3 is 2.05 bits per heavy atom. The molecule has 0 spiro atoms. The summed E-state index contributed by atoms with van der Waals surface area (Å²) < 4.78 is 58.7. The molecule has 0 N–H and O–H groups in total. The van der Waals surface area contributed by atoms with Crippen LogP contribution in [0.25, 0.3) is 11.4 Å². The Kier molecular flexibility index (Phi) is 10.8. The summed E-state index contributed by atoms with van der Waals surface area (Å²) in [7, 11) is 1.07. The Morgan fingerprint density at radius 2 is 1.46 bits per heavy atom. The Balaban J connectivity index is 1.54. The SMILES string of the molecule is CCCCCCOc1cnc(-c2ccc(C(=O)Oc3ccc(C(=O)OC(COC)C(F)(F)F)cc3)cc2)nc1. The van der Waals surface area contributed by atoms with E-state index >= 15 is 0 Å². The van der Waals surface area contributed by atoms with E-state index in [-0.39, 0.29) is 16.9 Å². The van der Waals surface area contributed by atoms with Crippen molar-refractivity contribution in [2.45, 2.75) is 44.9 Å². The van der Waals surface area contributed by atoms with E-state index < -0.39 is 30.8 Å². The summed E-state index contributed by atoms with van der Waals surface area (Å²) in [6.07, 6.45) is 0.463. The summed E-state index contributed by atoms with van der Waals surface area (Å²) in [4.78, 5) is 33.2. The summed E-state index contributed by atoms with van der Waals surface area (Å²) in [5.74, 6) is -0.698. The van der Waals surface area contributed by atoms with Crippen molar-refractivity contribution in [2.24, 2.45) is 0 Å². The topological polar surface area (TPSA) is 96.8 Å². The van der Waals surface area contributed by atoms with Crippen molar-refractivity contribution in [3.8, 4) is 22.9 Å². The molecule has 0 amide bonds. The van der Waals surface area contributed by atoms with E-state index in [1.54, 1.807) is 36.7 Å². The molecule has 0 radical (unpaired) electrons. The van der Waals surface area contributed by atoms with Gasteiger partial charge in [-0.05, 0) is 42.8 Å². The van der Waals surface area contributed by atoms with Crippen LogP contribution >= 0.6 is 0 Å². The molecular formula is C28H29F3N2O6. The lowest BCUT2D eigenvalue weighted by atomic mass is 10.1. The fourth-order valence-corrected chi connectivity index (χ4v) is 3.38. The van der Waals surface area contributed by atoms with E-state index in [1.807, 2.05) is 0 Å². The number of nitrogens with zero attached hydrogens (tertiary/aromatic N) is 2. The minimum atomic E-state index is -4.77. The first-order valence-electron chi connectivity index (χ1n) is 12.4. The molecule has 1 atom stereocenters. The number of alkyl halides is 3. The van der Waals surface area contributed by atoms with Gasteiger partial charge in [0.1, 0.15) is 5.75 Å². The molecule has 208 valence electrons. The van der Waals surface area contributed by atoms with Gasteiger partial charge in [-0.15, -0.1) is 0 Å². The molecule has 1 unspecified atom stereocenters. The number of halogens is 3. The average Bonchev–Trinajstić information content (AvgIpc) is 2.93. The average molecular weight is 547 g/mol. The predicted molar refractivity (Wildman–Crippen MR) is 136 cm³/mol. The molecule has 0 aliphatic carbocycles. The lowest BCUT2D eigenvalue weighted by molar-refractivity contribution is -0.215. The lowest BCUT2D eigenvalue weighted by Gasteiger charge is -2.19. The number of benzene rings is 2. The van der Waals surface area contributed by atoms with Gasteiger partial charge in [0, 0.05) is 12.7 Å². The fourth-order valence-electron chi connectivity index (χ4n) is 3.38. The summed E-state index contributed by atoms with van der Waals surface area (Å²) in [5.41, 5.74) is 0.800. The van der Waals surface area contributed by atoms with Crippen molar-refractivity contribution in [2.75, 3.05) is 20.3 Å². The van der Waals surface area contributed by atoms with Crippen molar-refractivity contribution in [3.63, 3.8) is 0 Å². The molecule has 3 aromatic rings. The minimum absolute atomic E-state index is 0.0958. The van der Waals surface area contributed by atoms with Gasteiger partial charge in [-0.1, -0.05) is 38.3 Å². The zero-order chi connectivity index (χ0) is 28.3. The zero-order valence-electron chi connectivity index (χ0n) is 21.6. The van der Waals surface area contributed by atoms with Crippen LogP contribution in [0.4, 0.5) is 13.2 Å². The maximum Gasteiger partial charge on any atom is 0.427 e. The Bertz CT molecular complexity index is 1200. The summed E-state index contributed by atoms with van der Waals surface area (Å²) in [6.45, 7) is 1.94. The molecule has 0 bridgehead atoms. The number of ether oxygens (including phenoxy) is 4. The molecule has 39 heavy (non-hydrogen) atoms. The lowest BCUT2D eigenvalue weighted by Crippen LogP contribution is -2.37. The molecule has 0 saturated carbocycles. The number of hydrogen-bond acceptors (Lipinski definition) is 8. The number of carbonyl (C=O) groups is 2. The first kappa shape index (κ1) is 29.6. The van der Waals surface area contributed by atoms with Crippen molar-refractivity contribution in [3.05, 3.63) is 72.1 Å². The maximum atomic E-state index is 12.9. The number of esters is 2. The minimum Gasteiger partial charge on any atom is -0.490 e. The number of methoxy groups -OCH3 is 1. The molecule has 0 aliphatic heterocycles. The normalized spacial score (nSPS) is 12.0. The molecular weight excluding hydrogens is 517 g/mol. The third-order valence-corrected chi connectivity index (χ3v) is 5.51. The largest absolute Gasteiger partial charge is 0.490 e. The second-order valence-electron chi connectivity index (χ2n) is 8.53. The van der Waals surface area contributed by atoms with Crippen molar-refractivity contribution in [1.82, 2.24) is 9.97 Å². The molecule has 2 aromatic carbocycles. The van der Waals surface area contributed by atoms with Crippen LogP contribution in [0.5, 0.6) is 11.5 Å². The molecule has 1 aromatic heterocycles. The van der Waals surface area contributed by atoms with Gasteiger partial charge in [-0.25, -0.2) is 19.6 Å². The molecule has 8 nitrogen and oxygen atoms in total. The highest BCUT2D eigenvalue weighted by atomic mass is 19.4.